The lowest BCUT2D eigenvalue weighted by Crippen LogP contribution is -2.37. The zero-order chi connectivity index (χ0) is 17.2. The van der Waals surface area contributed by atoms with E-state index in [-0.39, 0.29) is 6.54 Å². The Balaban J connectivity index is 1.38. The predicted octanol–water partition coefficient (Wildman–Crippen LogP) is 3.13. The fourth-order valence-corrected chi connectivity index (χ4v) is 3.32. The van der Waals surface area contributed by atoms with E-state index in [2.05, 4.69) is 20.1 Å². The molecule has 1 fully saturated rings. The van der Waals surface area contributed by atoms with Gasteiger partial charge in [-0.25, -0.2) is 13.8 Å². The fraction of sp³-hybridized carbons (Fsp3) is 0.471. The van der Waals surface area contributed by atoms with E-state index < -0.39 is 6.43 Å². The van der Waals surface area contributed by atoms with Crippen molar-refractivity contribution in [3.05, 3.63) is 30.3 Å². The van der Waals surface area contributed by atoms with Gasteiger partial charge in [-0.05, 0) is 50.0 Å². The number of fused-ring (bicyclic) bond motifs is 1. The summed E-state index contributed by atoms with van der Waals surface area (Å²) >= 11 is 0. The highest BCUT2D eigenvalue weighted by Gasteiger charge is 2.23. The van der Waals surface area contributed by atoms with Crippen LogP contribution >= 0.6 is 0 Å². The van der Waals surface area contributed by atoms with E-state index in [1.54, 1.807) is 0 Å². The summed E-state index contributed by atoms with van der Waals surface area (Å²) in [5, 5.41) is 4.03. The van der Waals surface area contributed by atoms with Crippen LogP contribution in [0.3, 0.4) is 0 Å². The van der Waals surface area contributed by atoms with Gasteiger partial charge in [-0.3, -0.25) is 4.90 Å². The molecule has 0 amide bonds. The summed E-state index contributed by atoms with van der Waals surface area (Å²) in [6, 6.07) is 5.69. The number of nitrogens with one attached hydrogen (secondary N) is 1. The van der Waals surface area contributed by atoms with Crippen LogP contribution in [0.5, 0.6) is 0 Å². The van der Waals surface area contributed by atoms with Crippen molar-refractivity contribution in [2.75, 3.05) is 19.6 Å². The fourth-order valence-electron chi connectivity index (χ4n) is 3.32. The monoisotopic (exact) mass is 347 g/mol. The number of pyridine rings is 1. The largest absolute Gasteiger partial charge is 0.360 e. The molecule has 1 saturated heterocycles. The highest BCUT2D eigenvalue weighted by molar-refractivity contribution is 5.77. The first kappa shape index (κ1) is 16.1. The van der Waals surface area contributed by atoms with Crippen molar-refractivity contribution in [3.8, 4) is 11.5 Å². The van der Waals surface area contributed by atoms with Crippen LogP contribution in [0.4, 0.5) is 8.78 Å². The van der Waals surface area contributed by atoms with Crippen molar-refractivity contribution in [2.45, 2.75) is 25.7 Å². The minimum absolute atomic E-state index is 0.134. The van der Waals surface area contributed by atoms with Gasteiger partial charge in [-0.2, -0.15) is 4.98 Å². The smallest absolute Gasteiger partial charge is 0.251 e. The normalized spacial score (nSPS) is 16.9. The molecule has 0 spiro atoms. The molecule has 0 saturated carbocycles. The molecule has 0 aromatic carbocycles. The quantitative estimate of drug-likeness (QED) is 0.768. The summed E-state index contributed by atoms with van der Waals surface area (Å²) in [7, 11) is 0. The van der Waals surface area contributed by atoms with Crippen LogP contribution in [-0.4, -0.2) is 51.1 Å². The summed E-state index contributed by atoms with van der Waals surface area (Å²) in [5.41, 5.74) is 2.49. The highest BCUT2D eigenvalue weighted by Crippen LogP contribution is 2.23. The minimum Gasteiger partial charge on any atom is -0.360 e. The molecule has 1 aliphatic rings. The number of alkyl halides is 2. The molecule has 0 aliphatic carbocycles. The molecule has 6 nitrogen and oxygen atoms in total. The lowest BCUT2D eigenvalue weighted by atomic mass is 9.93. The van der Waals surface area contributed by atoms with Gasteiger partial charge in [0.05, 0.1) is 17.6 Å². The van der Waals surface area contributed by atoms with Crippen LogP contribution in [0.25, 0.3) is 22.6 Å². The van der Waals surface area contributed by atoms with Gasteiger partial charge in [-0.15, -0.1) is 0 Å². The number of piperidine rings is 1. The average Bonchev–Trinajstić information content (AvgIpc) is 3.24. The number of aromatic nitrogens is 4. The zero-order valence-electron chi connectivity index (χ0n) is 13.7. The van der Waals surface area contributed by atoms with Crippen molar-refractivity contribution in [1.29, 1.82) is 0 Å². The summed E-state index contributed by atoms with van der Waals surface area (Å²) in [6.45, 7) is 1.26. The molecule has 0 bridgehead atoms. The maximum atomic E-state index is 12.4. The van der Waals surface area contributed by atoms with Crippen molar-refractivity contribution in [1.82, 2.24) is 25.0 Å². The summed E-state index contributed by atoms with van der Waals surface area (Å²) in [5.74, 6) is 1.45. The Hall–Kier alpha value is -2.35. The Morgan fingerprint density at radius 2 is 2.04 bits per heavy atom. The maximum Gasteiger partial charge on any atom is 0.251 e. The SMILES string of the molecule is FC(F)CN1CCC(Cc2nc(-c3ccc4[nH]ccc4n3)no2)CC1. The van der Waals surface area contributed by atoms with Gasteiger partial charge >= 0.3 is 0 Å². The third-order valence-electron chi connectivity index (χ3n) is 4.67. The van der Waals surface area contributed by atoms with Crippen molar-refractivity contribution >= 4 is 11.0 Å². The van der Waals surface area contributed by atoms with Crippen LogP contribution < -0.4 is 0 Å². The highest BCUT2D eigenvalue weighted by atomic mass is 19.3. The first-order valence-corrected chi connectivity index (χ1v) is 8.45. The van der Waals surface area contributed by atoms with E-state index in [4.69, 9.17) is 4.52 Å². The number of likely N-dealkylation sites (tertiary alicyclic amines) is 1. The molecule has 8 heteroatoms. The molecule has 0 atom stereocenters. The van der Waals surface area contributed by atoms with Crippen LogP contribution in [0.2, 0.25) is 0 Å². The van der Waals surface area contributed by atoms with E-state index >= 15 is 0 Å². The van der Waals surface area contributed by atoms with Gasteiger partial charge in [0.25, 0.3) is 6.43 Å². The first-order chi connectivity index (χ1) is 12.2. The first-order valence-electron chi connectivity index (χ1n) is 8.45. The minimum atomic E-state index is -2.26. The molecule has 132 valence electrons. The van der Waals surface area contributed by atoms with E-state index in [1.807, 2.05) is 29.3 Å². The Labute approximate surface area is 143 Å². The number of H-pyrrole nitrogens is 1. The molecule has 4 rings (SSSR count). The number of nitrogens with zero attached hydrogens (tertiary/aromatic N) is 4. The lowest BCUT2D eigenvalue weighted by molar-refractivity contribution is 0.0681. The van der Waals surface area contributed by atoms with E-state index in [0.29, 0.717) is 42.8 Å². The maximum absolute atomic E-state index is 12.4. The van der Waals surface area contributed by atoms with Gasteiger partial charge in [0, 0.05) is 12.6 Å². The topological polar surface area (TPSA) is 70.8 Å². The second kappa shape index (κ2) is 6.87. The molecular formula is C17H19F2N5O. The van der Waals surface area contributed by atoms with E-state index in [9.17, 15) is 8.78 Å². The third kappa shape index (κ3) is 3.68. The molecule has 4 heterocycles. The number of rotatable bonds is 5. The van der Waals surface area contributed by atoms with Gasteiger partial charge in [0.15, 0.2) is 0 Å². The predicted molar refractivity (Wildman–Crippen MR) is 88.3 cm³/mol. The van der Waals surface area contributed by atoms with Crippen LogP contribution in [0.1, 0.15) is 18.7 Å². The zero-order valence-corrected chi connectivity index (χ0v) is 13.7. The Morgan fingerprint density at radius 3 is 2.84 bits per heavy atom. The second-order valence-electron chi connectivity index (χ2n) is 6.46. The molecular weight excluding hydrogens is 328 g/mol. The summed E-state index contributed by atoms with van der Waals surface area (Å²) < 4.78 is 30.2. The Kier molecular flexibility index (Phi) is 4.44. The molecule has 1 N–H and O–H groups in total. The van der Waals surface area contributed by atoms with Crippen LogP contribution in [-0.2, 0) is 6.42 Å². The van der Waals surface area contributed by atoms with Crippen molar-refractivity contribution < 1.29 is 13.3 Å². The van der Waals surface area contributed by atoms with Gasteiger partial charge in [0.1, 0.15) is 5.69 Å². The Morgan fingerprint density at radius 1 is 1.20 bits per heavy atom. The number of halogens is 2. The standard InChI is InChI=1S/C17H19F2N5O/c18-15(19)10-24-7-4-11(5-8-24)9-16-22-17(23-25-16)14-2-1-12-13(21-14)3-6-20-12/h1-3,6,11,15,20H,4-5,7-10H2. The summed E-state index contributed by atoms with van der Waals surface area (Å²) in [4.78, 5) is 13.9. The van der Waals surface area contributed by atoms with Gasteiger partial charge in [-0.1, -0.05) is 5.16 Å². The lowest BCUT2D eigenvalue weighted by Gasteiger charge is -2.30. The molecule has 1 aliphatic heterocycles. The number of hydrogen-bond acceptors (Lipinski definition) is 5. The van der Waals surface area contributed by atoms with Crippen molar-refractivity contribution in [3.63, 3.8) is 0 Å². The third-order valence-corrected chi connectivity index (χ3v) is 4.67. The van der Waals surface area contributed by atoms with Crippen LogP contribution in [0, 0.1) is 5.92 Å². The molecule has 3 aromatic heterocycles. The average molecular weight is 347 g/mol. The molecule has 0 unspecified atom stereocenters. The van der Waals surface area contributed by atoms with Gasteiger partial charge < -0.3 is 9.51 Å². The van der Waals surface area contributed by atoms with Crippen molar-refractivity contribution in [2.24, 2.45) is 5.92 Å². The Bertz CT molecular complexity index is 838. The molecule has 0 radical (unpaired) electrons. The van der Waals surface area contributed by atoms with Gasteiger partial charge in [0.2, 0.25) is 11.7 Å². The van der Waals surface area contributed by atoms with Crippen LogP contribution in [0.15, 0.2) is 28.9 Å². The summed E-state index contributed by atoms with van der Waals surface area (Å²) in [6.07, 6.45) is 2.00. The molecule has 3 aromatic rings. The number of hydrogen-bond donors (Lipinski definition) is 1. The molecule has 25 heavy (non-hydrogen) atoms. The van der Waals surface area contributed by atoms with E-state index in [0.717, 1.165) is 23.9 Å². The van der Waals surface area contributed by atoms with E-state index in [1.165, 1.54) is 0 Å². The second-order valence-corrected chi connectivity index (χ2v) is 6.46. The number of aromatic amines is 1.